The number of carbonyl (C=O) groups excluding carboxylic acids is 1. The third kappa shape index (κ3) is 3.19. The third-order valence-electron chi connectivity index (χ3n) is 4.93. The van der Waals surface area contributed by atoms with Crippen molar-refractivity contribution in [3.8, 4) is 5.75 Å². The molecule has 4 rings (SSSR count). The summed E-state index contributed by atoms with van der Waals surface area (Å²) in [7, 11) is 0. The number of pyridine rings is 1. The standard InChI is InChI=1S/C18H20N4O3/c23-17(16-20-7-2-8-21-16)22-12-18(13-22)14(5-10-25-18)4-9-24-15-3-1-6-19-11-15/h1-3,6-8,11,14H,4-5,9-10,12-13H2. The minimum Gasteiger partial charge on any atom is -0.492 e. The molecule has 0 bridgehead atoms. The molecule has 7 nitrogen and oxygen atoms in total. The number of nitrogens with zero attached hydrogens (tertiary/aromatic N) is 4. The molecule has 0 N–H and O–H groups in total. The molecule has 7 heteroatoms. The van der Waals surface area contributed by atoms with Crippen LogP contribution in [0.1, 0.15) is 23.5 Å². The summed E-state index contributed by atoms with van der Waals surface area (Å²) in [6.45, 7) is 2.56. The van der Waals surface area contributed by atoms with E-state index in [1.165, 1.54) is 0 Å². The fourth-order valence-electron chi connectivity index (χ4n) is 3.59. The average molecular weight is 340 g/mol. The van der Waals surface area contributed by atoms with Crippen LogP contribution in [0.2, 0.25) is 0 Å². The minimum atomic E-state index is -0.233. The van der Waals surface area contributed by atoms with Gasteiger partial charge in [0.2, 0.25) is 5.82 Å². The first-order chi connectivity index (χ1) is 12.3. The van der Waals surface area contributed by atoms with Crippen molar-refractivity contribution in [3.63, 3.8) is 0 Å². The van der Waals surface area contributed by atoms with Crippen molar-refractivity contribution in [3.05, 3.63) is 48.8 Å². The van der Waals surface area contributed by atoms with Gasteiger partial charge in [-0.15, -0.1) is 0 Å². The number of likely N-dealkylation sites (tertiary alicyclic amines) is 1. The van der Waals surface area contributed by atoms with Gasteiger partial charge in [-0.05, 0) is 37.0 Å². The summed E-state index contributed by atoms with van der Waals surface area (Å²) in [6.07, 6.45) is 8.51. The van der Waals surface area contributed by atoms with Gasteiger partial charge in [0, 0.05) is 25.2 Å². The summed E-state index contributed by atoms with van der Waals surface area (Å²) in [6, 6.07) is 5.46. The van der Waals surface area contributed by atoms with E-state index in [-0.39, 0.29) is 17.3 Å². The van der Waals surface area contributed by atoms with Crippen LogP contribution in [0.3, 0.4) is 0 Å². The fraction of sp³-hybridized carbons (Fsp3) is 0.444. The molecule has 2 saturated heterocycles. The Balaban J connectivity index is 1.31. The number of hydrogen-bond donors (Lipinski definition) is 0. The van der Waals surface area contributed by atoms with E-state index < -0.39 is 0 Å². The van der Waals surface area contributed by atoms with Crippen molar-refractivity contribution in [2.24, 2.45) is 5.92 Å². The molecule has 2 aliphatic heterocycles. The Kier molecular flexibility index (Phi) is 4.31. The molecule has 0 aromatic carbocycles. The van der Waals surface area contributed by atoms with E-state index in [9.17, 15) is 4.79 Å². The number of aromatic nitrogens is 3. The second kappa shape index (κ2) is 6.76. The molecule has 25 heavy (non-hydrogen) atoms. The summed E-state index contributed by atoms with van der Waals surface area (Å²) in [4.78, 5) is 26.2. The highest BCUT2D eigenvalue weighted by Gasteiger charge is 2.54. The fourth-order valence-corrected chi connectivity index (χ4v) is 3.59. The van der Waals surface area contributed by atoms with Gasteiger partial charge in [0.15, 0.2) is 0 Å². The van der Waals surface area contributed by atoms with Crippen molar-refractivity contribution in [1.82, 2.24) is 19.9 Å². The van der Waals surface area contributed by atoms with Gasteiger partial charge in [0.25, 0.3) is 5.91 Å². The van der Waals surface area contributed by atoms with Gasteiger partial charge >= 0.3 is 0 Å². The monoisotopic (exact) mass is 340 g/mol. The van der Waals surface area contributed by atoms with E-state index >= 15 is 0 Å². The first kappa shape index (κ1) is 16.0. The van der Waals surface area contributed by atoms with E-state index in [4.69, 9.17) is 9.47 Å². The lowest BCUT2D eigenvalue weighted by molar-refractivity contribution is -0.119. The molecule has 4 heterocycles. The first-order valence-electron chi connectivity index (χ1n) is 8.50. The van der Waals surface area contributed by atoms with Crippen molar-refractivity contribution in [1.29, 1.82) is 0 Å². The van der Waals surface area contributed by atoms with Crippen molar-refractivity contribution in [2.75, 3.05) is 26.3 Å². The molecule has 2 aromatic heterocycles. The predicted molar refractivity (Wildman–Crippen MR) is 89.1 cm³/mol. The second-order valence-electron chi connectivity index (χ2n) is 6.46. The molecule has 0 saturated carbocycles. The van der Waals surface area contributed by atoms with Gasteiger partial charge < -0.3 is 14.4 Å². The van der Waals surface area contributed by atoms with Crippen LogP contribution >= 0.6 is 0 Å². The summed E-state index contributed by atoms with van der Waals surface area (Å²) in [5.74, 6) is 1.28. The smallest absolute Gasteiger partial charge is 0.291 e. The first-order valence-corrected chi connectivity index (χ1v) is 8.50. The van der Waals surface area contributed by atoms with Crippen LogP contribution in [0.5, 0.6) is 5.75 Å². The van der Waals surface area contributed by atoms with Gasteiger partial charge in [-0.3, -0.25) is 9.78 Å². The molecule has 1 spiro atoms. The molecule has 2 fully saturated rings. The van der Waals surface area contributed by atoms with Crippen LogP contribution in [-0.2, 0) is 4.74 Å². The van der Waals surface area contributed by atoms with Crippen LogP contribution in [0.25, 0.3) is 0 Å². The van der Waals surface area contributed by atoms with Gasteiger partial charge in [-0.25, -0.2) is 9.97 Å². The van der Waals surface area contributed by atoms with Crippen molar-refractivity contribution in [2.45, 2.75) is 18.4 Å². The Morgan fingerprint density at radius 1 is 1.28 bits per heavy atom. The molecule has 1 atom stereocenters. The van der Waals surface area contributed by atoms with Gasteiger partial charge in [-0.1, -0.05) is 0 Å². The SMILES string of the molecule is O=C(c1ncccn1)N1CC2(C1)OCCC2CCOc1cccnc1. The maximum Gasteiger partial charge on any atom is 0.291 e. The molecule has 130 valence electrons. The highest BCUT2D eigenvalue weighted by atomic mass is 16.5. The van der Waals surface area contributed by atoms with Crippen LogP contribution < -0.4 is 4.74 Å². The number of ether oxygens (including phenoxy) is 2. The quantitative estimate of drug-likeness (QED) is 0.822. The molecule has 1 unspecified atom stereocenters. The van der Waals surface area contributed by atoms with Crippen LogP contribution in [-0.4, -0.2) is 57.7 Å². The Morgan fingerprint density at radius 2 is 2.12 bits per heavy atom. The molecule has 2 aromatic rings. The molecule has 1 amide bonds. The lowest BCUT2D eigenvalue weighted by atomic mass is 9.79. The Morgan fingerprint density at radius 3 is 2.88 bits per heavy atom. The zero-order chi connectivity index (χ0) is 17.1. The lowest BCUT2D eigenvalue weighted by Crippen LogP contribution is -2.66. The summed E-state index contributed by atoms with van der Waals surface area (Å²) in [5, 5.41) is 0. The highest BCUT2D eigenvalue weighted by Crippen LogP contribution is 2.42. The summed E-state index contributed by atoms with van der Waals surface area (Å²) in [5.41, 5.74) is -0.233. The number of amides is 1. The van der Waals surface area contributed by atoms with Gasteiger partial charge in [-0.2, -0.15) is 0 Å². The Bertz CT molecular complexity index is 720. The van der Waals surface area contributed by atoms with Crippen molar-refractivity contribution < 1.29 is 14.3 Å². The van der Waals surface area contributed by atoms with E-state index in [1.54, 1.807) is 35.8 Å². The predicted octanol–water partition coefficient (Wildman–Crippen LogP) is 1.57. The van der Waals surface area contributed by atoms with Crippen LogP contribution in [0, 0.1) is 5.92 Å². The zero-order valence-electron chi connectivity index (χ0n) is 13.9. The molecule has 0 radical (unpaired) electrons. The largest absolute Gasteiger partial charge is 0.492 e. The van der Waals surface area contributed by atoms with Crippen LogP contribution in [0.4, 0.5) is 0 Å². The van der Waals surface area contributed by atoms with Crippen LogP contribution in [0.15, 0.2) is 43.0 Å². The summed E-state index contributed by atoms with van der Waals surface area (Å²) >= 11 is 0. The molecular formula is C18H20N4O3. The van der Waals surface area contributed by atoms with Gasteiger partial charge in [0.1, 0.15) is 11.4 Å². The number of rotatable bonds is 5. The molecule has 2 aliphatic rings. The van der Waals surface area contributed by atoms with E-state index in [0.717, 1.165) is 25.2 Å². The van der Waals surface area contributed by atoms with E-state index in [1.807, 2.05) is 12.1 Å². The van der Waals surface area contributed by atoms with Crippen molar-refractivity contribution >= 4 is 5.91 Å². The molecular weight excluding hydrogens is 320 g/mol. The maximum atomic E-state index is 12.4. The van der Waals surface area contributed by atoms with E-state index in [0.29, 0.717) is 25.6 Å². The Hall–Kier alpha value is -2.54. The normalized spacial score (nSPS) is 21.1. The zero-order valence-corrected chi connectivity index (χ0v) is 13.9. The minimum absolute atomic E-state index is 0.132. The van der Waals surface area contributed by atoms with Gasteiger partial charge in [0.05, 0.1) is 25.9 Å². The topological polar surface area (TPSA) is 77.4 Å². The average Bonchev–Trinajstić information content (AvgIpc) is 3.05. The molecule has 0 aliphatic carbocycles. The second-order valence-corrected chi connectivity index (χ2v) is 6.46. The lowest BCUT2D eigenvalue weighted by Gasteiger charge is -2.50. The number of carbonyl (C=O) groups is 1. The highest BCUT2D eigenvalue weighted by molar-refractivity contribution is 5.91. The Labute approximate surface area is 146 Å². The van der Waals surface area contributed by atoms with E-state index in [2.05, 4.69) is 15.0 Å². The summed E-state index contributed by atoms with van der Waals surface area (Å²) < 4.78 is 11.8. The third-order valence-corrected chi connectivity index (χ3v) is 4.93. The maximum absolute atomic E-state index is 12.4. The number of hydrogen-bond acceptors (Lipinski definition) is 6.